The molecular formula is C14H30O2. The lowest BCUT2D eigenvalue weighted by Crippen LogP contribution is -1.84. The van der Waals surface area contributed by atoms with Gasteiger partial charge < -0.3 is 9.84 Å². The van der Waals surface area contributed by atoms with E-state index in [9.17, 15) is 0 Å². The van der Waals surface area contributed by atoms with E-state index < -0.39 is 0 Å². The number of aliphatic hydroxyl groups excluding tert-OH is 1. The Balaban J connectivity index is 0. The number of hydrogen-bond acceptors (Lipinski definition) is 2. The third-order valence-electron chi connectivity index (χ3n) is 2.32. The largest absolute Gasteiger partial charge is 0.396 e. The molecule has 0 bridgehead atoms. The lowest BCUT2D eigenvalue weighted by atomic mass is 10.1. The van der Waals surface area contributed by atoms with Crippen LogP contribution in [0.1, 0.15) is 57.8 Å². The van der Waals surface area contributed by atoms with Crippen LogP contribution in [0.4, 0.5) is 0 Å². The molecule has 0 aliphatic carbocycles. The summed E-state index contributed by atoms with van der Waals surface area (Å²) in [7, 11) is 3.25. The van der Waals surface area contributed by atoms with Crippen molar-refractivity contribution in [3.8, 4) is 0 Å². The fraction of sp³-hybridized carbons (Fsp3) is 0.857. The van der Waals surface area contributed by atoms with Crippen LogP contribution in [0.15, 0.2) is 12.7 Å². The van der Waals surface area contributed by atoms with Gasteiger partial charge in [0.25, 0.3) is 0 Å². The summed E-state index contributed by atoms with van der Waals surface area (Å²) in [6, 6.07) is 0. The van der Waals surface area contributed by atoms with Gasteiger partial charge in [-0.1, -0.05) is 44.6 Å². The highest BCUT2D eigenvalue weighted by molar-refractivity contribution is 4.65. The summed E-state index contributed by atoms with van der Waals surface area (Å²) < 4.78 is 4.25. The number of ether oxygens (including phenoxy) is 1. The summed E-state index contributed by atoms with van der Waals surface area (Å²) in [5, 5.41) is 8.56. The van der Waals surface area contributed by atoms with Gasteiger partial charge in [-0.15, -0.1) is 6.58 Å². The van der Waals surface area contributed by atoms with Gasteiger partial charge in [-0.05, 0) is 19.3 Å². The predicted molar refractivity (Wildman–Crippen MR) is 71.8 cm³/mol. The van der Waals surface area contributed by atoms with E-state index in [1.807, 2.05) is 6.08 Å². The second kappa shape index (κ2) is 20.1. The van der Waals surface area contributed by atoms with E-state index in [2.05, 4.69) is 11.3 Å². The van der Waals surface area contributed by atoms with Crippen molar-refractivity contribution in [2.45, 2.75) is 57.8 Å². The first-order chi connectivity index (χ1) is 7.83. The molecule has 2 nitrogen and oxygen atoms in total. The molecule has 0 saturated heterocycles. The number of methoxy groups -OCH3 is 1. The molecule has 0 atom stereocenters. The minimum Gasteiger partial charge on any atom is -0.396 e. The number of rotatable bonds is 10. The highest BCUT2D eigenvalue weighted by Crippen LogP contribution is 2.09. The SMILES string of the molecule is C=CCCCCCCCCCCO.COC. The molecule has 0 amide bonds. The minimum absolute atomic E-state index is 0.360. The Bertz CT molecular complexity index is 113. The molecule has 0 heterocycles. The second-order valence-corrected chi connectivity index (χ2v) is 4.04. The van der Waals surface area contributed by atoms with E-state index in [0.717, 1.165) is 6.42 Å². The van der Waals surface area contributed by atoms with Crippen molar-refractivity contribution in [2.24, 2.45) is 0 Å². The van der Waals surface area contributed by atoms with Gasteiger partial charge in [-0.25, -0.2) is 0 Å². The molecule has 98 valence electrons. The van der Waals surface area contributed by atoms with Crippen molar-refractivity contribution in [1.82, 2.24) is 0 Å². The molecule has 0 spiro atoms. The van der Waals surface area contributed by atoms with Gasteiger partial charge in [0, 0.05) is 20.8 Å². The first-order valence-electron chi connectivity index (χ1n) is 6.45. The highest BCUT2D eigenvalue weighted by atomic mass is 16.4. The van der Waals surface area contributed by atoms with Crippen LogP contribution < -0.4 is 0 Å². The molecule has 0 aliphatic heterocycles. The van der Waals surface area contributed by atoms with Crippen LogP contribution in [0.2, 0.25) is 0 Å². The van der Waals surface area contributed by atoms with Crippen molar-refractivity contribution in [1.29, 1.82) is 0 Å². The topological polar surface area (TPSA) is 29.5 Å². The average molecular weight is 230 g/mol. The molecule has 0 aromatic rings. The quantitative estimate of drug-likeness (QED) is 0.455. The van der Waals surface area contributed by atoms with Gasteiger partial charge in [-0.2, -0.15) is 0 Å². The molecule has 0 aliphatic rings. The maximum atomic E-state index is 8.56. The van der Waals surface area contributed by atoms with E-state index in [-0.39, 0.29) is 0 Å². The first kappa shape index (κ1) is 18.0. The Morgan fingerprint density at radius 2 is 1.25 bits per heavy atom. The Labute approximate surface area is 102 Å². The van der Waals surface area contributed by atoms with Crippen LogP contribution in [-0.2, 0) is 4.74 Å². The summed E-state index contributed by atoms with van der Waals surface area (Å²) in [6.45, 7) is 4.07. The highest BCUT2D eigenvalue weighted by Gasteiger charge is 1.90. The molecule has 16 heavy (non-hydrogen) atoms. The number of aliphatic hydroxyl groups is 1. The van der Waals surface area contributed by atoms with E-state index in [1.54, 1.807) is 14.2 Å². The van der Waals surface area contributed by atoms with Gasteiger partial charge in [0.05, 0.1) is 0 Å². The fourth-order valence-corrected chi connectivity index (χ4v) is 1.46. The average Bonchev–Trinajstić information content (AvgIpc) is 2.28. The maximum absolute atomic E-state index is 8.56. The molecule has 0 aromatic carbocycles. The standard InChI is InChI=1S/C12H24O.C2H6O/c1-2-3-4-5-6-7-8-9-10-11-12-13;1-3-2/h2,13H,1,3-12H2;1-2H3. The molecule has 0 fully saturated rings. The minimum atomic E-state index is 0.360. The van der Waals surface area contributed by atoms with Gasteiger partial charge >= 0.3 is 0 Å². The van der Waals surface area contributed by atoms with E-state index in [1.165, 1.54) is 51.4 Å². The fourth-order valence-electron chi connectivity index (χ4n) is 1.46. The van der Waals surface area contributed by atoms with Crippen LogP contribution in [-0.4, -0.2) is 25.9 Å². The predicted octanol–water partition coefficient (Wildman–Crippen LogP) is 3.94. The lowest BCUT2D eigenvalue weighted by Gasteiger charge is -2.00. The smallest absolute Gasteiger partial charge is 0.0431 e. The monoisotopic (exact) mass is 230 g/mol. The van der Waals surface area contributed by atoms with Crippen molar-refractivity contribution in [2.75, 3.05) is 20.8 Å². The summed E-state index contributed by atoms with van der Waals surface area (Å²) in [5.41, 5.74) is 0. The third-order valence-corrected chi connectivity index (χ3v) is 2.32. The van der Waals surface area contributed by atoms with Crippen molar-refractivity contribution < 1.29 is 9.84 Å². The Morgan fingerprint density at radius 3 is 1.62 bits per heavy atom. The van der Waals surface area contributed by atoms with Gasteiger partial charge in [-0.3, -0.25) is 0 Å². The maximum Gasteiger partial charge on any atom is 0.0431 e. The molecule has 0 radical (unpaired) electrons. The lowest BCUT2D eigenvalue weighted by molar-refractivity contribution is 0.277. The normalized spacial score (nSPS) is 9.44. The van der Waals surface area contributed by atoms with E-state index in [0.29, 0.717) is 6.61 Å². The summed E-state index contributed by atoms with van der Waals surface area (Å²) in [6.07, 6.45) is 13.4. The number of hydrogen-bond donors (Lipinski definition) is 1. The molecule has 0 aromatic heterocycles. The molecular weight excluding hydrogens is 200 g/mol. The zero-order valence-corrected chi connectivity index (χ0v) is 11.2. The van der Waals surface area contributed by atoms with Crippen LogP contribution in [0.5, 0.6) is 0 Å². The summed E-state index contributed by atoms with van der Waals surface area (Å²) >= 11 is 0. The molecule has 0 rings (SSSR count). The number of unbranched alkanes of at least 4 members (excludes halogenated alkanes) is 8. The second-order valence-electron chi connectivity index (χ2n) is 4.04. The molecule has 0 unspecified atom stereocenters. The summed E-state index contributed by atoms with van der Waals surface area (Å²) in [5.74, 6) is 0. The van der Waals surface area contributed by atoms with Gasteiger partial charge in [0.1, 0.15) is 0 Å². The zero-order valence-electron chi connectivity index (χ0n) is 11.2. The Hall–Kier alpha value is -0.340. The van der Waals surface area contributed by atoms with Crippen LogP contribution in [0.25, 0.3) is 0 Å². The Kier molecular flexibility index (Phi) is 22.7. The van der Waals surface area contributed by atoms with Gasteiger partial charge in [0.15, 0.2) is 0 Å². The Morgan fingerprint density at radius 1 is 0.875 bits per heavy atom. The van der Waals surface area contributed by atoms with Crippen molar-refractivity contribution in [3.63, 3.8) is 0 Å². The van der Waals surface area contributed by atoms with Crippen LogP contribution in [0.3, 0.4) is 0 Å². The van der Waals surface area contributed by atoms with E-state index in [4.69, 9.17) is 5.11 Å². The first-order valence-corrected chi connectivity index (χ1v) is 6.45. The van der Waals surface area contributed by atoms with Crippen molar-refractivity contribution >= 4 is 0 Å². The van der Waals surface area contributed by atoms with E-state index >= 15 is 0 Å². The molecule has 1 N–H and O–H groups in total. The van der Waals surface area contributed by atoms with Crippen molar-refractivity contribution in [3.05, 3.63) is 12.7 Å². The van der Waals surface area contributed by atoms with Gasteiger partial charge in [0.2, 0.25) is 0 Å². The molecule has 2 heteroatoms. The van der Waals surface area contributed by atoms with Crippen LogP contribution >= 0.6 is 0 Å². The zero-order chi connectivity index (χ0) is 12.5. The summed E-state index contributed by atoms with van der Waals surface area (Å²) in [4.78, 5) is 0. The number of allylic oxidation sites excluding steroid dienone is 1. The molecule has 0 saturated carbocycles. The third kappa shape index (κ3) is 23.5. The van der Waals surface area contributed by atoms with Crippen LogP contribution in [0, 0.1) is 0 Å².